The fourth-order valence-corrected chi connectivity index (χ4v) is 2.73. The van der Waals surface area contributed by atoms with Crippen LogP contribution in [0.1, 0.15) is 32.8 Å². The number of hydrogen-bond acceptors (Lipinski definition) is 4. The lowest BCUT2D eigenvalue weighted by Gasteiger charge is -2.31. The van der Waals surface area contributed by atoms with E-state index in [4.69, 9.17) is 22.1 Å². The second kappa shape index (κ2) is 6.38. The number of aliphatic hydroxyl groups excluding tert-OH is 1. The van der Waals surface area contributed by atoms with Gasteiger partial charge in [0.15, 0.2) is 4.87 Å². The number of nitrogens with two attached hydrogens (primary N) is 1. The van der Waals surface area contributed by atoms with Gasteiger partial charge in [0.2, 0.25) is 0 Å². The van der Waals surface area contributed by atoms with Gasteiger partial charge in [-0.25, -0.2) is 4.79 Å². The Morgan fingerprint density at radius 2 is 2.04 bits per heavy atom. The van der Waals surface area contributed by atoms with Gasteiger partial charge in [0.25, 0.3) is 0 Å². The first kappa shape index (κ1) is 17.6. The van der Waals surface area contributed by atoms with Crippen molar-refractivity contribution in [1.29, 1.82) is 0 Å². The van der Waals surface area contributed by atoms with Crippen LogP contribution in [0.2, 0.25) is 0 Å². The first-order valence-electron chi connectivity index (χ1n) is 7.45. The van der Waals surface area contributed by atoms with Gasteiger partial charge in [0, 0.05) is 17.7 Å². The van der Waals surface area contributed by atoms with Crippen LogP contribution in [0.4, 0.5) is 5.69 Å². The van der Waals surface area contributed by atoms with E-state index in [-0.39, 0.29) is 13.0 Å². The Labute approximate surface area is 141 Å². The number of rotatable bonds is 3. The molecule has 0 fully saturated rings. The van der Waals surface area contributed by atoms with Gasteiger partial charge in [0.05, 0.1) is 6.61 Å². The Balaban J connectivity index is 2.34. The largest absolute Gasteiger partial charge is 0.458 e. The van der Waals surface area contributed by atoms with Crippen LogP contribution in [0.15, 0.2) is 42.0 Å². The van der Waals surface area contributed by atoms with Crippen LogP contribution in [0.5, 0.6) is 0 Å². The summed E-state index contributed by atoms with van der Waals surface area (Å²) in [6.07, 6.45) is 3.53. The molecule has 0 saturated heterocycles. The average molecular weight is 336 g/mol. The summed E-state index contributed by atoms with van der Waals surface area (Å²) in [5, 5.41) is 9.72. The monoisotopic (exact) mass is 335 g/mol. The third-order valence-electron chi connectivity index (χ3n) is 3.55. The molecule has 1 aromatic rings. The molecule has 3 N–H and O–H groups in total. The summed E-state index contributed by atoms with van der Waals surface area (Å²) >= 11 is 6.46. The van der Waals surface area contributed by atoms with Crippen LogP contribution in [0.3, 0.4) is 0 Å². The highest BCUT2D eigenvalue weighted by atomic mass is 35.5. The highest BCUT2D eigenvalue weighted by molar-refractivity contribution is 6.36. The van der Waals surface area contributed by atoms with Gasteiger partial charge in [-0.2, -0.15) is 0 Å². The van der Waals surface area contributed by atoms with E-state index >= 15 is 0 Å². The molecule has 0 aromatic heterocycles. The first-order chi connectivity index (χ1) is 10.7. The van der Waals surface area contributed by atoms with Crippen molar-refractivity contribution in [3.8, 4) is 0 Å². The molecule has 0 heterocycles. The molecule has 1 atom stereocenters. The molecular weight excluding hydrogens is 314 g/mol. The minimum absolute atomic E-state index is 0.181. The molecule has 2 rings (SSSR count). The molecule has 0 saturated carbocycles. The number of para-hydroxylation sites is 1. The number of benzene rings is 1. The first-order valence-corrected chi connectivity index (χ1v) is 7.83. The van der Waals surface area contributed by atoms with Crippen LogP contribution < -0.4 is 5.73 Å². The van der Waals surface area contributed by atoms with E-state index in [0.29, 0.717) is 11.3 Å². The van der Waals surface area contributed by atoms with Crippen molar-refractivity contribution in [2.45, 2.75) is 37.7 Å². The van der Waals surface area contributed by atoms with Crippen molar-refractivity contribution < 1.29 is 14.6 Å². The Bertz CT molecular complexity index is 673. The molecule has 4 nitrogen and oxygen atoms in total. The number of alkyl halides is 1. The minimum Gasteiger partial charge on any atom is -0.458 e. The molecule has 0 bridgehead atoms. The minimum atomic E-state index is -1.31. The predicted octanol–water partition coefficient (Wildman–Crippen LogP) is 3.29. The van der Waals surface area contributed by atoms with Crippen molar-refractivity contribution in [2.24, 2.45) is 0 Å². The Morgan fingerprint density at radius 1 is 1.39 bits per heavy atom. The molecule has 5 heteroatoms. The van der Waals surface area contributed by atoms with Gasteiger partial charge in [0.1, 0.15) is 5.60 Å². The summed E-state index contributed by atoms with van der Waals surface area (Å²) in [5.74, 6) is -0.519. The van der Waals surface area contributed by atoms with Gasteiger partial charge in [-0.15, -0.1) is 11.6 Å². The summed E-state index contributed by atoms with van der Waals surface area (Å²) in [6, 6.07) is 7.38. The lowest BCUT2D eigenvalue weighted by molar-refractivity contribution is -0.156. The molecular formula is C18H22ClNO3. The fraction of sp³-hybridized carbons (Fsp3) is 0.389. The molecule has 23 heavy (non-hydrogen) atoms. The van der Waals surface area contributed by atoms with Crippen LogP contribution in [-0.2, 0) is 9.53 Å². The van der Waals surface area contributed by atoms with Gasteiger partial charge in [-0.05, 0) is 38.0 Å². The predicted molar refractivity (Wildman–Crippen MR) is 93.0 cm³/mol. The summed E-state index contributed by atoms with van der Waals surface area (Å²) in [5.41, 5.74) is 8.26. The highest BCUT2D eigenvalue weighted by Gasteiger charge is 2.40. The Kier molecular flexibility index (Phi) is 4.87. The van der Waals surface area contributed by atoms with Crippen LogP contribution in [0.25, 0.3) is 5.57 Å². The quantitative estimate of drug-likeness (QED) is 0.505. The lowest BCUT2D eigenvalue weighted by Crippen LogP contribution is -2.39. The number of halogens is 1. The van der Waals surface area contributed by atoms with E-state index in [1.807, 2.05) is 18.2 Å². The zero-order valence-corrected chi connectivity index (χ0v) is 14.4. The molecule has 0 amide bonds. The molecule has 1 unspecified atom stereocenters. The molecule has 1 aliphatic carbocycles. The maximum Gasteiger partial charge on any atom is 0.332 e. The maximum absolute atomic E-state index is 12.4. The Morgan fingerprint density at radius 3 is 2.61 bits per heavy atom. The second-order valence-electron chi connectivity index (χ2n) is 6.64. The molecule has 1 aliphatic rings. The number of allylic oxidation sites excluding steroid dienone is 2. The number of aliphatic hydroxyl groups is 1. The zero-order valence-electron chi connectivity index (χ0n) is 13.6. The zero-order chi connectivity index (χ0) is 17.3. The van der Waals surface area contributed by atoms with E-state index in [2.05, 4.69) is 0 Å². The van der Waals surface area contributed by atoms with E-state index in [1.165, 1.54) is 0 Å². The van der Waals surface area contributed by atoms with E-state index in [9.17, 15) is 9.90 Å². The van der Waals surface area contributed by atoms with E-state index in [0.717, 1.165) is 11.1 Å². The van der Waals surface area contributed by atoms with E-state index < -0.39 is 16.4 Å². The summed E-state index contributed by atoms with van der Waals surface area (Å²) in [4.78, 5) is 11.1. The Hall–Kier alpha value is -1.78. The number of anilines is 1. The van der Waals surface area contributed by atoms with E-state index in [1.54, 1.807) is 39.0 Å². The number of carbonyl (C=O) groups is 1. The van der Waals surface area contributed by atoms with Gasteiger partial charge in [-0.3, -0.25) is 0 Å². The normalized spacial score (nSPS) is 21.4. The van der Waals surface area contributed by atoms with Gasteiger partial charge >= 0.3 is 5.97 Å². The van der Waals surface area contributed by atoms with Crippen molar-refractivity contribution in [3.63, 3.8) is 0 Å². The van der Waals surface area contributed by atoms with Gasteiger partial charge in [-0.1, -0.05) is 30.4 Å². The second-order valence-corrected chi connectivity index (χ2v) is 7.31. The van der Waals surface area contributed by atoms with Gasteiger partial charge < -0.3 is 15.6 Å². The third-order valence-corrected chi connectivity index (χ3v) is 3.96. The van der Waals surface area contributed by atoms with Crippen LogP contribution in [-0.4, -0.2) is 28.2 Å². The van der Waals surface area contributed by atoms with Crippen LogP contribution >= 0.6 is 11.6 Å². The maximum atomic E-state index is 12.4. The number of hydrogen-bond donors (Lipinski definition) is 2. The topological polar surface area (TPSA) is 72.5 Å². The molecule has 0 aliphatic heterocycles. The molecule has 1 aromatic carbocycles. The van der Waals surface area contributed by atoms with Crippen molar-refractivity contribution in [1.82, 2.24) is 0 Å². The number of ether oxygens (including phenoxy) is 1. The molecule has 0 radical (unpaired) electrons. The number of carbonyl (C=O) groups excluding carboxylic acids is 1. The fourth-order valence-electron chi connectivity index (χ4n) is 2.46. The number of nitrogen functional groups attached to an aromatic ring is 1. The smallest absolute Gasteiger partial charge is 0.332 e. The standard InChI is InChI=1S/C18H22ClNO3/c1-17(2,3)23-16(22)18(19)9-8-13(12(10-18)11-21)14-6-4-5-7-15(14)20/h4-9,21H,10-11,20H2,1-3H3. The van der Waals surface area contributed by atoms with Crippen molar-refractivity contribution >= 4 is 28.8 Å². The average Bonchev–Trinajstić information content (AvgIpc) is 2.46. The SMILES string of the molecule is CC(C)(C)OC(=O)C1(Cl)C=CC(c2ccccc2N)=C(CO)C1. The number of esters is 1. The van der Waals surface area contributed by atoms with Crippen molar-refractivity contribution in [3.05, 3.63) is 47.6 Å². The highest BCUT2D eigenvalue weighted by Crippen LogP contribution is 2.39. The summed E-state index contributed by atoms with van der Waals surface area (Å²) in [7, 11) is 0. The third kappa shape index (κ3) is 3.95. The molecule has 0 spiro atoms. The summed E-state index contributed by atoms with van der Waals surface area (Å²) < 4.78 is 5.39. The molecule has 124 valence electrons. The lowest BCUT2D eigenvalue weighted by atomic mass is 9.85. The van der Waals surface area contributed by atoms with Crippen LogP contribution in [0, 0.1) is 0 Å². The van der Waals surface area contributed by atoms with Crippen molar-refractivity contribution in [2.75, 3.05) is 12.3 Å². The summed E-state index contributed by atoms with van der Waals surface area (Å²) in [6.45, 7) is 5.16.